The number of benzene rings is 2. The van der Waals surface area contributed by atoms with Crippen LogP contribution < -0.4 is 0 Å². The summed E-state index contributed by atoms with van der Waals surface area (Å²) in [6, 6.07) is 15.5. The third kappa shape index (κ3) is 7.68. The largest absolute Gasteiger partial charge is 0.445 e. The normalized spacial score (nSPS) is 29.1. The minimum atomic E-state index is -1.51. The van der Waals surface area contributed by atoms with Gasteiger partial charge in [0.25, 0.3) is 0 Å². The Labute approximate surface area is 247 Å². The number of azide groups is 3. The highest BCUT2D eigenvalue weighted by Gasteiger charge is 2.51. The van der Waals surface area contributed by atoms with E-state index in [1.807, 2.05) is 67.6 Å². The van der Waals surface area contributed by atoms with E-state index in [4.69, 9.17) is 15.0 Å². The van der Waals surface area contributed by atoms with Crippen molar-refractivity contribution in [3.63, 3.8) is 0 Å². The monoisotopic (exact) mass is 590 g/mol. The fourth-order valence-electron chi connectivity index (χ4n) is 5.92. The van der Waals surface area contributed by atoms with E-state index in [-0.39, 0.29) is 19.6 Å². The summed E-state index contributed by atoms with van der Waals surface area (Å²) in [6.07, 6.45) is -4.34. The van der Waals surface area contributed by atoms with Gasteiger partial charge in [-0.1, -0.05) is 76.0 Å². The molecule has 0 bridgehead atoms. The minimum absolute atomic E-state index is 0.0357. The first kappa shape index (κ1) is 31.5. The van der Waals surface area contributed by atoms with Gasteiger partial charge in [-0.2, -0.15) is 0 Å². The van der Waals surface area contributed by atoms with Crippen molar-refractivity contribution in [2.45, 2.75) is 87.9 Å². The maximum atomic E-state index is 13.5. The van der Waals surface area contributed by atoms with Crippen molar-refractivity contribution in [2.24, 2.45) is 21.3 Å². The Balaban J connectivity index is 1.61. The summed E-state index contributed by atoms with van der Waals surface area (Å²) < 4.78 is 12.2. The van der Waals surface area contributed by atoms with E-state index >= 15 is 0 Å². The average molecular weight is 591 g/mol. The first-order valence-electron chi connectivity index (χ1n) is 14.0. The van der Waals surface area contributed by atoms with Crippen molar-refractivity contribution < 1.29 is 24.5 Å². The second-order valence-corrected chi connectivity index (χ2v) is 10.7. The molecule has 1 aliphatic carbocycles. The van der Waals surface area contributed by atoms with E-state index in [9.17, 15) is 26.1 Å². The van der Waals surface area contributed by atoms with Gasteiger partial charge in [-0.15, -0.1) is 0 Å². The van der Waals surface area contributed by atoms with Gasteiger partial charge in [-0.05, 0) is 53.9 Å². The first-order chi connectivity index (χ1) is 20.9. The van der Waals surface area contributed by atoms with Crippen molar-refractivity contribution in [3.05, 3.63) is 103 Å². The minimum Gasteiger partial charge on any atom is -0.445 e. The molecule has 2 aliphatic rings. The highest BCUT2D eigenvalue weighted by atomic mass is 16.6. The molecule has 1 saturated heterocycles. The number of hydrogen-bond donors (Lipinski definition) is 2. The van der Waals surface area contributed by atoms with Crippen molar-refractivity contribution >= 4 is 6.09 Å². The summed E-state index contributed by atoms with van der Waals surface area (Å²) in [5, 5.41) is 33.2. The SMILES string of the molecule is C[C@@H]([C@@H]1CCC(N=[N+]=[N-])[C@@H](C2C(N=[N+]=[N-])CC(N=[N+]=[N-])[C@H](O)[C@H]2O)O1)N(Cc1ccccc1)C(=O)OCc1ccccc1. The van der Waals surface area contributed by atoms with Gasteiger partial charge in [0, 0.05) is 33.2 Å². The van der Waals surface area contributed by atoms with Crippen LogP contribution in [0.25, 0.3) is 31.3 Å². The number of carbonyl (C=O) groups is 1. The van der Waals surface area contributed by atoms with Gasteiger partial charge >= 0.3 is 6.09 Å². The lowest BCUT2D eigenvalue weighted by Gasteiger charge is -2.48. The van der Waals surface area contributed by atoms with Gasteiger partial charge in [0.15, 0.2) is 0 Å². The summed E-state index contributed by atoms with van der Waals surface area (Å²) in [4.78, 5) is 23.7. The molecule has 4 rings (SSSR count). The van der Waals surface area contributed by atoms with E-state index in [1.54, 1.807) is 4.90 Å². The molecule has 0 aromatic heterocycles. The van der Waals surface area contributed by atoms with Crippen LogP contribution in [0, 0.1) is 5.92 Å². The third-order valence-electron chi connectivity index (χ3n) is 8.17. The van der Waals surface area contributed by atoms with Gasteiger partial charge in [0.05, 0.1) is 42.5 Å². The Bertz CT molecular complexity index is 1360. The maximum Gasteiger partial charge on any atom is 0.410 e. The lowest BCUT2D eigenvalue weighted by atomic mass is 9.72. The van der Waals surface area contributed by atoms with Crippen molar-refractivity contribution in [1.82, 2.24) is 4.90 Å². The predicted molar refractivity (Wildman–Crippen MR) is 155 cm³/mol. The summed E-state index contributed by atoms with van der Waals surface area (Å²) in [5.41, 5.74) is 29.1. The zero-order valence-corrected chi connectivity index (χ0v) is 23.6. The van der Waals surface area contributed by atoms with Crippen LogP contribution in [0.2, 0.25) is 0 Å². The van der Waals surface area contributed by atoms with E-state index in [0.29, 0.717) is 12.8 Å². The van der Waals surface area contributed by atoms with Crippen molar-refractivity contribution in [1.29, 1.82) is 0 Å². The van der Waals surface area contributed by atoms with Crippen LogP contribution in [-0.4, -0.2) is 69.8 Å². The Kier molecular flexibility index (Phi) is 11.1. The molecule has 43 heavy (non-hydrogen) atoms. The summed E-state index contributed by atoms with van der Waals surface area (Å²) >= 11 is 0. The molecule has 4 unspecified atom stereocenters. The van der Waals surface area contributed by atoms with Crippen LogP contribution in [0.3, 0.4) is 0 Å². The molecule has 15 nitrogen and oxygen atoms in total. The number of nitrogens with zero attached hydrogens (tertiary/aromatic N) is 10. The van der Waals surface area contributed by atoms with Gasteiger partial charge in [-0.25, -0.2) is 4.79 Å². The fraction of sp³-hybridized carbons (Fsp3) is 0.536. The standard InChI is InChI=1S/C28H34N10O5/c1-17(38(15-18-8-4-2-5-9-18)28(41)42-16-19-10-6-3-7-11-19)23-13-12-20(32-35-29)27(43-23)24-21(33-36-30)14-22(34-37-31)25(39)26(24)40/h2-11,17,20-27,39-40H,12-16H2,1H3/t17-,20?,21?,22?,23-,24?,25-,26-,27-/m0/s1. The Hall–Kier alpha value is -4.48. The quantitative estimate of drug-likeness (QED) is 0.206. The molecule has 1 amide bonds. The van der Waals surface area contributed by atoms with Crippen LogP contribution in [0.15, 0.2) is 76.0 Å². The fourth-order valence-corrected chi connectivity index (χ4v) is 5.92. The lowest BCUT2D eigenvalue weighted by molar-refractivity contribution is -0.163. The number of ether oxygens (including phenoxy) is 2. The van der Waals surface area contributed by atoms with Gasteiger partial charge in [-0.3, -0.25) is 4.90 Å². The average Bonchev–Trinajstić information content (AvgIpc) is 3.03. The third-order valence-corrected chi connectivity index (χ3v) is 8.17. The zero-order chi connectivity index (χ0) is 30.8. The molecule has 0 spiro atoms. The van der Waals surface area contributed by atoms with E-state index in [2.05, 4.69) is 30.1 Å². The number of aliphatic hydroxyl groups is 2. The molecule has 2 fully saturated rings. The van der Waals surface area contributed by atoms with Crippen LogP contribution >= 0.6 is 0 Å². The smallest absolute Gasteiger partial charge is 0.410 e. The van der Waals surface area contributed by atoms with E-state index in [1.165, 1.54) is 0 Å². The molecule has 1 saturated carbocycles. The summed E-state index contributed by atoms with van der Waals surface area (Å²) in [6.45, 7) is 2.15. The van der Waals surface area contributed by atoms with Crippen LogP contribution in [0.5, 0.6) is 0 Å². The van der Waals surface area contributed by atoms with Crippen molar-refractivity contribution in [3.8, 4) is 0 Å². The van der Waals surface area contributed by atoms with E-state index < -0.39 is 60.6 Å². The molecule has 15 heteroatoms. The van der Waals surface area contributed by atoms with Crippen LogP contribution in [0.1, 0.15) is 37.3 Å². The second-order valence-electron chi connectivity index (χ2n) is 10.7. The number of hydrogen-bond acceptors (Lipinski definition) is 8. The molecule has 1 heterocycles. The van der Waals surface area contributed by atoms with E-state index in [0.717, 1.165) is 11.1 Å². The molecular formula is C28H34N10O5. The molecule has 226 valence electrons. The highest BCUT2D eigenvalue weighted by Crippen LogP contribution is 2.40. The topological polar surface area (TPSA) is 226 Å². The number of rotatable bonds is 10. The Morgan fingerprint density at radius 2 is 1.49 bits per heavy atom. The number of carbonyl (C=O) groups excluding carboxylic acids is 1. The highest BCUT2D eigenvalue weighted by molar-refractivity contribution is 5.68. The van der Waals surface area contributed by atoms with Crippen molar-refractivity contribution in [2.75, 3.05) is 0 Å². The van der Waals surface area contributed by atoms with Crippen LogP contribution in [0.4, 0.5) is 4.79 Å². The predicted octanol–water partition coefficient (Wildman–Crippen LogP) is 5.54. The van der Waals surface area contributed by atoms with Crippen LogP contribution in [-0.2, 0) is 22.6 Å². The number of aliphatic hydroxyl groups excluding tert-OH is 2. The van der Waals surface area contributed by atoms with Gasteiger partial charge < -0.3 is 19.7 Å². The Morgan fingerprint density at radius 3 is 2.12 bits per heavy atom. The maximum absolute atomic E-state index is 13.5. The zero-order valence-electron chi connectivity index (χ0n) is 23.6. The second kappa shape index (κ2) is 15.1. The Morgan fingerprint density at radius 1 is 0.907 bits per heavy atom. The van der Waals surface area contributed by atoms with Gasteiger partial charge in [0.1, 0.15) is 6.61 Å². The number of amides is 1. The molecule has 2 aromatic carbocycles. The summed E-state index contributed by atoms with van der Waals surface area (Å²) in [5.74, 6) is -0.978. The molecule has 2 aromatic rings. The lowest BCUT2D eigenvalue weighted by Crippen LogP contribution is -2.60. The molecule has 9 atom stereocenters. The molecule has 1 aliphatic heterocycles. The van der Waals surface area contributed by atoms with Gasteiger partial charge in [0.2, 0.25) is 0 Å². The molecule has 2 N–H and O–H groups in total. The summed E-state index contributed by atoms with van der Waals surface area (Å²) in [7, 11) is 0. The molecular weight excluding hydrogens is 556 g/mol. The molecule has 0 radical (unpaired) electrons. The first-order valence-corrected chi connectivity index (χ1v) is 14.0.